The Morgan fingerprint density at radius 2 is 2.04 bits per heavy atom. The predicted molar refractivity (Wildman–Crippen MR) is 109 cm³/mol. The molecule has 0 aromatic heterocycles. The normalized spacial score (nSPS) is 27.6. The number of benzene rings is 1. The standard InChI is InChI=1S/C19H23BrN6O2/c1-4-9-24-17(27)15-16(23(3)19(24)28)21-18-25(15)10-12(2)22-26(18)11-13-5-7-14(20)8-6-13/h4-8,15-16,18,21H,1,9-11H2,2-3H3. The van der Waals surface area contributed by atoms with Crippen LogP contribution in [0.15, 0.2) is 46.5 Å². The molecule has 1 N–H and O–H groups in total. The molecule has 1 aromatic carbocycles. The maximum Gasteiger partial charge on any atom is 0.328 e. The minimum absolute atomic E-state index is 0.193. The van der Waals surface area contributed by atoms with Crippen molar-refractivity contribution >= 4 is 33.6 Å². The number of likely N-dealkylation sites (N-methyl/N-ethyl adjacent to an activating group) is 1. The molecule has 3 aliphatic heterocycles. The first-order chi connectivity index (χ1) is 13.4. The molecule has 0 saturated carbocycles. The van der Waals surface area contributed by atoms with Crippen LogP contribution >= 0.6 is 15.9 Å². The number of hydrogen-bond donors (Lipinski definition) is 1. The Balaban J connectivity index is 1.63. The number of amides is 3. The zero-order chi connectivity index (χ0) is 20.0. The third-order valence-corrected chi connectivity index (χ3v) is 5.85. The molecule has 3 unspecified atom stereocenters. The van der Waals surface area contributed by atoms with E-state index in [-0.39, 0.29) is 30.9 Å². The third kappa shape index (κ3) is 3.13. The van der Waals surface area contributed by atoms with E-state index in [1.54, 1.807) is 18.0 Å². The molecule has 0 radical (unpaired) electrons. The van der Waals surface area contributed by atoms with E-state index in [2.05, 4.69) is 32.7 Å². The highest BCUT2D eigenvalue weighted by atomic mass is 79.9. The summed E-state index contributed by atoms with van der Waals surface area (Å²) >= 11 is 3.46. The molecule has 3 atom stereocenters. The van der Waals surface area contributed by atoms with Crippen molar-refractivity contribution in [1.29, 1.82) is 0 Å². The summed E-state index contributed by atoms with van der Waals surface area (Å²) in [7, 11) is 1.72. The summed E-state index contributed by atoms with van der Waals surface area (Å²) in [5.41, 5.74) is 2.04. The summed E-state index contributed by atoms with van der Waals surface area (Å²) in [6.07, 6.45) is 0.928. The largest absolute Gasteiger partial charge is 0.328 e. The predicted octanol–water partition coefficient (Wildman–Crippen LogP) is 1.60. The van der Waals surface area contributed by atoms with Gasteiger partial charge in [-0.3, -0.25) is 20.0 Å². The monoisotopic (exact) mass is 446 g/mol. The van der Waals surface area contributed by atoms with E-state index in [0.717, 1.165) is 15.7 Å². The van der Waals surface area contributed by atoms with Crippen molar-refractivity contribution in [2.24, 2.45) is 5.10 Å². The van der Waals surface area contributed by atoms with E-state index in [4.69, 9.17) is 5.10 Å². The van der Waals surface area contributed by atoms with E-state index in [9.17, 15) is 9.59 Å². The molecule has 3 amide bonds. The van der Waals surface area contributed by atoms with E-state index in [1.165, 1.54) is 4.90 Å². The number of nitrogens with zero attached hydrogens (tertiary/aromatic N) is 5. The van der Waals surface area contributed by atoms with Gasteiger partial charge in [-0.15, -0.1) is 6.58 Å². The number of imide groups is 1. The number of carbonyl (C=O) groups is 2. The fraction of sp³-hybridized carbons (Fsp3) is 0.421. The van der Waals surface area contributed by atoms with Crippen molar-refractivity contribution in [2.75, 3.05) is 20.1 Å². The molecular formula is C19H23BrN6O2. The fourth-order valence-electron chi connectivity index (χ4n) is 4.04. The first kappa shape index (κ1) is 19.1. The fourth-order valence-corrected chi connectivity index (χ4v) is 4.31. The van der Waals surface area contributed by atoms with Crippen LogP contribution in [0.25, 0.3) is 0 Å². The topological polar surface area (TPSA) is 71.5 Å². The van der Waals surface area contributed by atoms with Gasteiger partial charge in [0.15, 0.2) is 6.29 Å². The van der Waals surface area contributed by atoms with Crippen LogP contribution in [0.3, 0.4) is 0 Å². The van der Waals surface area contributed by atoms with Crippen LogP contribution in [0.2, 0.25) is 0 Å². The first-order valence-electron chi connectivity index (χ1n) is 9.16. The Morgan fingerprint density at radius 3 is 2.71 bits per heavy atom. The average molecular weight is 447 g/mol. The molecule has 2 fully saturated rings. The molecule has 28 heavy (non-hydrogen) atoms. The van der Waals surface area contributed by atoms with Gasteiger partial charge in [-0.05, 0) is 24.6 Å². The summed E-state index contributed by atoms with van der Waals surface area (Å²) < 4.78 is 1.02. The maximum absolute atomic E-state index is 13.1. The van der Waals surface area contributed by atoms with E-state index < -0.39 is 6.04 Å². The van der Waals surface area contributed by atoms with Crippen molar-refractivity contribution in [3.8, 4) is 0 Å². The molecule has 4 rings (SSSR count). The Kier molecular flexibility index (Phi) is 4.98. The van der Waals surface area contributed by atoms with Crippen molar-refractivity contribution < 1.29 is 9.59 Å². The molecule has 1 aromatic rings. The van der Waals surface area contributed by atoms with Gasteiger partial charge in [0.2, 0.25) is 0 Å². The van der Waals surface area contributed by atoms with Crippen LogP contribution < -0.4 is 5.32 Å². The lowest BCUT2D eigenvalue weighted by Gasteiger charge is -2.42. The number of hydrazone groups is 1. The Labute approximate surface area is 172 Å². The molecule has 0 bridgehead atoms. The highest BCUT2D eigenvalue weighted by Gasteiger charge is 2.56. The summed E-state index contributed by atoms with van der Waals surface area (Å²) in [5, 5.41) is 10.1. The van der Waals surface area contributed by atoms with E-state index >= 15 is 0 Å². The van der Waals surface area contributed by atoms with Gasteiger partial charge in [0.05, 0.1) is 6.54 Å². The molecule has 2 saturated heterocycles. The lowest BCUT2D eigenvalue weighted by molar-refractivity contribution is -0.138. The Bertz CT molecular complexity index is 841. The van der Waals surface area contributed by atoms with Gasteiger partial charge < -0.3 is 4.90 Å². The summed E-state index contributed by atoms with van der Waals surface area (Å²) in [4.78, 5) is 30.7. The number of carbonyl (C=O) groups excluding carboxylic acids is 2. The molecule has 3 aliphatic rings. The number of hydrogen-bond acceptors (Lipinski definition) is 6. The number of rotatable bonds is 4. The van der Waals surface area contributed by atoms with Crippen LogP contribution in [-0.4, -0.2) is 76.0 Å². The van der Waals surface area contributed by atoms with Gasteiger partial charge in [0.25, 0.3) is 5.91 Å². The zero-order valence-electron chi connectivity index (χ0n) is 15.9. The first-order valence-corrected chi connectivity index (χ1v) is 9.96. The van der Waals surface area contributed by atoms with Crippen molar-refractivity contribution in [1.82, 2.24) is 25.0 Å². The van der Waals surface area contributed by atoms with Gasteiger partial charge >= 0.3 is 6.03 Å². The van der Waals surface area contributed by atoms with Gasteiger partial charge in [-0.25, -0.2) is 9.69 Å². The molecule has 8 nitrogen and oxygen atoms in total. The van der Waals surface area contributed by atoms with Crippen LogP contribution in [0.5, 0.6) is 0 Å². The minimum Gasteiger partial charge on any atom is -0.310 e. The Morgan fingerprint density at radius 1 is 1.32 bits per heavy atom. The SMILES string of the molecule is C=CCN1C(=O)C2C(NC3N(Cc4ccc(Br)cc4)N=C(C)CN23)N(C)C1=O. The second kappa shape index (κ2) is 7.31. The number of fused-ring (bicyclic) bond motifs is 3. The smallest absolute Gasteiger partial charge is 0.310 e. The van der Waals surface area contributed by atoms with E-state index in [0.29, 0.717) is 13.1 Å². The van der Waals surface area contributed by atoms with Crippen molar-refractivity contribution in [2.45, 2.75) is 32.0 Å². The second-order valence-corrected chi connectivity index (χ2v) is 8.21. The molecule has 0 aliphatic carbocycles. The second-order valence-electron chi connectivity index (χ2n) is 7.29. The summed E-state index contributed by atoms with van der Waals surface area (Å²) in [6.45, 7) is 7.01. The number of nitrogens with one attached hydrogen (secondary N) is 1. The lowest BCUT2D eigenvalue weighted by Crippen LogP contribution is -2.66. The third-order valence-electron chi connectivity index (χ3n) is 5.32. The van der Waals surface area contributed by atoms with Crippen LogP contribution in [0.4, 0.5) is 4.79 Å². The zero-order valence-corrected chi connectivity index (χ0v) is 17.5. The summed E-state index contributed by atoms with van der Waals surface area (Å²) in [5.74, 6) is -0.193. The Hall–Kier alpha value is -2.23. The van der Waals surface area contributed by atoms with Gasteiger partial charge in [0, 0.05) is 30.3 Å². The van der Waals surface area contributed by atoms with Gasteiger partial charge in [0.1, 0.15) is 12.2 Å². The molecule has 9 heteroatoms. The molecule has 148 valence electrons. The highest BCUT2D eigenvalue weighted by Crippen LogP contribution is 2.31. The molecule has 3 heterocycles. The van der Waals surface area contributed by atoms with Crippen molar-refractivity contribution in [3.05, 3.63) is 47.0 Å². The number of urea groups is 1. The van der Waals surface area contributed by atoms with Crippen LogP contribution in [0.1, 0.15) is 12.5 Å². The highest BCUT2D eigenvalue weighted by molar-refractivity contribution is 9.10. The molecule has 0 spiro atoms. The van der Waals surface area contributed by atoms with Gasteiger partial charge in [-0.1, -0.05) is 34.1 Å². The lowest BCUT2D eigenvalue weighted by atomic mass is 10.1. The average Bonchev–Trinajstić information content (AvgIpc) is 3.05. The quantitative estimate of drug-likeness (QED) is 0.711. The summed E-state index contributed by atoms with van der Waals surface area (Å²) in [6, 6.07) is 7.32. The van der Waals surface area contributed by atoms with Crippen LogP contribution in [0, 0.1) is 0 Å². The molecular weight excluding hydrogens is 424 g/mol. The van der Waals surface area contributed by atoms with Crippen molar-refractivity contribution in [3.63, 3.8) is 0 Å². The van der Waals surface area contributed by atoms with E-state index in [1.807, 2.05) is 36.2 Å². The maximum atomic E-state index is 13.1. The minimum atomic E-state index is -0.453. The van der Waals surface area contributed by atoms with Gasteiger partial charge in [-0.2, -0.15) is 5.10 Å². The number of halogens is 1. The van der Waals surface area contributed by atoms with Crippen LogP contribution in [-0.2, 0) is 11.3 Å².